The molecule has 7 heteroatoms. The number of nitrogens with zero attached hydrogens (tertiary/aromatic N) is 4. The molecule has 0 saturated carbocycles. The molecule has 134 valence electrons. The first kappa shape index (κ1) is 18.1. The molecule has 2 aromatic carbocycles. The summed E-state index contributed by atoms with van der Waals surface area (Å²) in [6.45, 7) is 6.43. The lowest BCUT2D eigenvalue weighted by Gasteiger charge is -2.10. The van der Waals surface area contributed by atoms with Gasteiger partial charge in [-0.25, -0.2) is 0 Å². The summed E-state index contributed by atoms with van der Waals surface area (Å²) in [6, 6.07) is 13.6. The standard InChI is InChI=1S/C19H21N5OS/c1-4-26-17-8-6-5-7-16(17)19(25)20-12-18-21-22-23-24(18)15-10-9-13(2)14(3)11-15/h5-11H,4,12H2,1-3H3,(H,20,25). The molecule has 1 aromatic heterocycles. The van der Waals surface area contributed by atoms with Crippen molar-refractivity contribution < 1.29 is 4.79 Å². The van der Waals surface area contributed by atoms with Crippen LogP contribution in [0, 0.1) is 13.8 Å². The van der Waals surface area contributed by atoms with Gasteiger partial charge in [-0.05, 0) is 65.4 Å². The molecule has 0 radical (unpaired) electrons. The van der Waals surface area contributed by atoms with Crippen molar-refractivity contribution in [2.75, 3.05) is 5.75 Å². The van der Waals surface area contributed by atoms with E-state index in [-0.39, 0.29) is 12.5 Å². The molecule has 0 bridgehead atoms. The van der Waals surface area contributed by atoms with Gasteiger partial charge in [-0.2, -0.15) is 4.68 Å². The van der Waals surface area contributed by atoms with Gasteiger partial charge in [0.1, 0.15) is 0 Å². The van der Waals surface area contributed by atoms with Crippen molar-refractivity contribution in [2.24, 2.45) is 0 Å². The van der Waals surface area contributed by atoms with Gasteiger partial charge in [0.15, 0.2) is 5.82 Å². The van der Waals surface area contributed by atoms with Gasteiger partial charge in [-0.3, -0.25) is 4.79 Å². The lowest BCUT2D eigenvalue weighted by molar-refractivity contribution is 0.0946. The van der Waals surface area contributed by atoms with Gasteiger partial charge in [-0.15, -0.1) is 16.9 Å². The fourth-order valence-electron chi connectivity index (χ4n) is 2.56. The largest absolute Gasteiger partial charge is 0.345 e. The van der Waals surface area contributed by atoms with E-state index in [2.05, 4.69) is 34.7 Å². The van der Waals surface area contributed by atoms with Crippen LogP contribution in [0.2, 0.25) is 0 Å². The number of hydrogen-bond donors (Lipinski definition) is 1. The third kappa shape index (κ3) is 3.94. The highest BCUT2D eigenvalue weighted by molar-refractivity contribution is 7.99. The molecule has 0 spiro atoms. The van der Waals surface area contributed by atoms with Crippen molar-refractivity contribution in [1.29, 1.82) is 0 Å². The second kappa shape index (κ2) is 8.14. The number of thioether (sulfide) groups is 1. The molecule has 0 aliphatic heterocycles. The number of aromatic nitrogens is 4. The first-order valence-corrected chi connectivity index (χ1v) is 9.43. The summed E-state index contributed by atoms with van der Waals surface area (Å²) >= 11 is 1.65. The smallest absolute Gasteiger partial charge is 0.252 e. The predicted octanol–water partition coefficient (Wildman–Crippen LogP) is 3.32. The lowest BCUT2D eigenvalue weighted by atomic mass is 10.1. The Morgan fingerprint density at radius 2 is 1.96 bits per heavy atom. The summed E-state index contributed by atoms with van der Waals surface area (Å²) in [5.74, 6) is 1.37. The molecule has 1 amide bonds. The van der Waals surface area contributed by atoms with Crippen LogP contribution in [0.1, 0.15) is 34.2 Å². The molecular formula is C19H21N5OS. The minimum absolute atomic E-state index is 0.129. The summed E-state index contributed by atoms with van der Waals surface area (Å²) < 4.78 is 1.65. The quantitative estimate of drug-likeness (QED) is 0.677. The average Bonchev–Trinajstić information content (AvgIpc) is 3.11. The Bertz CT molecular complexity index is 922. The number of benzene rings is 2. The number of rotatable bonds is 6. The Labute approximate surface area is 157 Å². The highest BCUT2D eigenvalue weighted by Gasteiger charge is 2.14. The number of amides is 1. The normalized spacial score (nSPS) is 10.7. The Kier molecular flexibility index (Phi) is 5.68. The molecule has 0 atom stereocenters. The zero-order valence-corrected chi connectivity index (χ0v) is 15.9. The Balaban J connectivity index is 1.76. The minimum atomic E-state index is -0.129. The average molecular weight is 367 g/mol. The van der Waals surface area contributed by atoms with Gasteiger partial charge in [0, 0.05) is 4.90 Å². The van der Waals surface area contributed by atoms with Crippen LogP contribution < -0.4 is 5.32 Å². The molecule has 0 aliphatic carbocycles. The van der Waals surface area contributed by atoms with Gasteiger partial charge >= 0.3 is 0 Å². The van der Waals surface area contributed by atoms with E-state index < -0.39 is 0 Å². The van der Waals surface area contributed by atoms with Gasteiger partial charge in [-0.1, -0.05) is 25.1 Å². The number of hydrogen-bond acceptors (Lipinski definition) is 5. The highest BCUT2D eigenvalue weighted by Crippen LogP contribution is 2.22. The third-order valence-electron chi connectivity index (χ3n) is 4.11. The van der Waals surface area contributed by atoms with Crippen LogP contribution in [0.15, 0.2) is 47.4 Å². The second-order valence-corrected chi connectivity index (χ2v) is 7.19. The van der Waals surface area contributed by atoms with Gasteiger partial charge in [0.2, 0.25) is 0 Å². The zero-order valence-electron chi connectivity index (χ0n) is 15.1. The van der Waals surface area contributed by atoms with Crippen LogP contribution in [-0.2, 0) is 6.54 Å². The molecule has 3 rings (SSSR count). The fraction of sp³-hybridized carbons (Fsp3) is 0.263. The van der Waals surface area contributed by atoms with E-state index in [1.165, 1.54) is 11.1 Å². The monoisotopic (exact) mass is 367 g/mol. The second-order valence-electron chi connectivity index (χ2n) is 5.89. The molecule has 0 unspecified atom stereocenters. The molecule has 0 aliphatic rings. The minimum Gasteiger partial charge on any atom is -0.345 e. The number of carbonyl (C=O) groups excluding carboxylic acids is 1. The highest BCUT2D eigenvalue weighted by atomic mass is 32.2. The van der Waals surface area contributed by atoms with E-state index in [4.69, 9.17) is 0 Å². The molecule has 0 saturated heterocycles. The van der Waals surface area contributed by atoms with E-state index in [0.717, 1.165) is 16.3 Å². The van der Waals surface area contributed by atoms with Crippen LogP contribution in [-0.4, -0.2) is 31.9 Å². The summed E-state index contributed by atoms with van der Waals surface area (Å²) in [4.78, 5) is 13.6. The predicted molar refractivity (Wildman–Crippen MR) is 103 cm³/mol. The number of nitrogens with one attached hydrogen (secondary N) is 1. The Hall–Kier alpha value is -2.67. The Morgan fingerprint density at radius 1 is 1.15 bits per heavy atom. The fourth-order valence-corrected chi connectivity index (χ4v) is 3.37. The molecule has 1 N–H and O–H groups in total. The topological polar surface area (TPSA) is 72.7 Å². The summed E-state index contributed by atoms with van der Waals surface area (Å²) in [5, 5.41) is 14.8. The van der Waals surface area contributed by atoms with Crippen LogP contribution in [0.25, 0.3) is 5.69 Å². The van der Waals surface area contributed by atoms with Gasteiger partial charge in [0.25, 0.3) is 5.91 Å². The van der Waals surface area contributed by atoms with Crippen LogP contribution in [0.5, 0.6) is 0 Å². The van der Waals surface area contributed by atoms with Crippen molar-refractivity contribution in [3.05, 3.63) is 65.0 Å². The molecule has 26 heavy (non-hydrogen) atoms. The summed E-state index contributed by atoms with van der Waals surface area (Å²) in [6.07, 6.45) is 0. The maximum Gasteiger partial charge on any atom is 0.252 e. The molecule has 1 heterocycles. The van der Waals surface area contributed by atoms with Crippen molar-refractivity contribution in [3.63, 3.8) is 0 Å². The zero-order chi connectivity index (χ0) is 18.5. The summed E-state index contributed by atoms with van der Waals surface area (Å²) in [5.41, 5.74) is 3.93. The molecule has 6 nitrogen and oxygen atoms in total. The Morgan fingerprint density at radius 3 is 2.73 bits per heavy atom. The maximum absolute atomic E-state index is 12.6. The number of carbonyl (C=O) groups is 1. The van der Waals surface area contributed by atoms with Crippen molar-refractivity contribution in [2.45, 2.75) is 32.2 Å². The summed E-state index contributed by atoms with van der Waals surface area (Å²) in [7, 11) is 0. The van der Waals surface area contributed by atoms with E-state index in [9.17, 15) is 4.79 Å². The molecular weight excluding hydrogens is 346 g/mol. The lowest BCUT2D eigenvalue weighted by Crippen LogP contribution is -2.25. The molecule has 3 aromatic rings. The van der Waals surface area contributed by atoms with E-state index >= 15 is 0 Å². The first-order valence-electron chi connectivity index (χ1n) is 8.45. The van der Waals surface area contributed by atoms with Crippen LogP contribution in [0.4, 0.5) is 0 Å². The number of tetrazole rings is 1. The first-order chi connectivity index (χ1) is 12.6. The van der Waals surface area contributed by atoms with Crippen molar-refractivity contribution in [3.8, 4) is 5.69 Å². The SMILES string of the molecule is CCSc1ccccc1C(=O)NCc1nnnn1-c1ccc(C)c(C)c1. The maximum atomic E-state index is 12.6. The van der Waals surface area contributed by atoms with E-state index in [1.807, 2.05) is 49.4 Å². The van der Waals surface area contributed by atoms with E-state index in [1.54, 1.807) is 16.4 Å². The van der Waals surface area contributed by atoms with Crippen LogP contribution in [0.3, 0.4) is 0 Å². The third-order valence-corrected chi connectivity index (χ3v) is 5.06. The van der Waals surface area contributed by atoms with Crippen LogP contribution >= 0.6 is 11.8 Å². The van der Waals surface area contributed by atoms with E-state index in [0.29, 0.717) is 11.4 Å². The molecule has 0 fully saturated rings. The number of aryl methyl sites for hydroxylation is 2. The van der Waals surface area contributed by atoms with Crippen molar-refractivity contribution in [1.82, 2.24) is 25.5 Å². The van der Waals surface area contributed by atoms with Crippen molar-refractivity contribution >= 4 is 17.7 Å². The van der Waals surface area contributed by atoms with Gasteiger partial charge in [0.05, 0.1) is 17.8 Å². The van der Waals surface area contributed by atoms with Gasteiger partial charge < -0.3 is 5.32 Å².